The van der Waals surface area contributed by atoms with Crippen molar-refractivity contribution in [3.63, 3.8) is 0 Å². The van der Waals surface area contributed by atoms with Gasteiger partial charge in [-0.2, -0.15) is 17.8 Å². The van der Waals surface area contributed by atoms with Crippen molar-refractivity contribution in [2.75, 3.05) is 31.4 Å². The summed E-state index contributed by atoms with van der Waals surface area (Å²) in [6.07, 6.45) is 2.43. The predicted molar refractivity (Wildman–Crippen MR) is 76.3 cm³/mol. The summed E-state index contributed by atoms with van der Waals surface area (Å²) in [6.45, 7) is 5.96. The van der Waals surface area contributed by atoms with Crippen LogP contribution in [0, 0.1) is 6.92 Å². The van der Waals surface area contributed by atoms with Gasteiger partial charge in [0.05, 0.1) is 11.4 Å². The van der Waals surface area contributed by atoms with Crippen LogP contribution in [0.15, 0.2) is 6.20 Å². The zero-order chi connectivity index (χ0) is 14.5. The van der Waals surface area contributed by atoms with Crippen molar-refractivity contribution < 1.29 is 8.42 Å². The van der Waals surface area contributed by atoms with Crippen molar-refractivity contribution in [1.29, 1.82) is 0 Å². The van der Waals surface area contributed by atoms with Crippen molar-refractivity contribution in [2.45, 2.75) is 20.3 Å². The van der Waals surface area contributed by atoms with E-state index in [0.29, 0.717) is 17.9 Å². The molecule has 110 valence electrons. The van der Waals surface area contributed by atoms with Gasteiger partial charge in [-0.15, -0.1) is 0 Å². The van der Waals surface area contributed by atoms with E-state index in [0.717, 1.165) is 19.5 Å². The number of anilines is 1. The van der Waals surface area contributed by atoms with Crippen LogP contribution in [0.1, 0.15) is 19.0 Å². The van der Waals surface area contributed by atoms with Crippen LogP contribution in [-0.2, 0) is 17.3 Å². The third-order valence-electron chi connectivity index (χ3n) is 2.74. The molecule has 1 rings (SSSR count). The van der Waals surface area contributed by atoms with Crippen LogP contribution in [-0.4, -0.2) is 49.2 Å². The SMILES string of the molecule is CCNCCCN(C)S(=O)(=O)Nc1cn(C)nc1C. The van der Waals surface area contributed by atoms with E-state index in [1.165, 1.54) is 4.31 Å². The molecule has 8 heteroatoms. The molecule has 0 saturated carbocycles. The zero-order valence-corrected chi connectivity index (χ0v) is 12.8. The number of aromatic nitrogens is 2. The van der Waals surface area contributed by atoms with E-state index in [-0.39, 0.29) is 0 Å². The maximum atomic E-state index is 12.1. The van der Waals surface area contributed by atoms with E-state index in [2.05, 4.69) is 15.1 Å². The first kappa shape index (κ1) is 15.9. The van der Waals surface area contributed by atoms with Crippen LogP contribution in [0.3, 0.4) is 0 Å². The summed E-state index contributed by atoms with van der Waals surface area (Å²) in [7, 11) is -0.183. The van der Waals surface area contributed by atoms with Gasteiger partial charge in [-0.1, -0.05) is 6.92 Å². The highest BCUT2D eigenvalue weighted by Gasteiger charge is 2.18. The lowest BCUT2D eigenvalue weighted by Gasteiger charge is -2.17. The molecule has 0 aliphatic carbocycles. The number of nitrogens with zero attached hydrogens (tertiary/aromatic N) is 3. The Labute approximate surface area is 115 Å². The van der Waals surface area contributed by atoms with Crippen molar-refractivity contribution in [3.05, 3.63) is 11.9 Å². The van der Waals surface area contributed by atoms with Crippen molar-refractivity contribution in [2.24, 2.45) is 7.05 Å². The van der Waals surface area contributed by atoms with Crippen LogP contribution in [0.2, 0.25) is 0 Å². The molecule has 19 heavy (non-hydrogen) atoms. The summed E-state index contributed by atoms with van der Waals surface area (Å²) >= 11 is 0. The first-order valence-corrected chi connectivity index (χ1v) is 7.76. The monoisotopic (exact) mass is 289 g/mol. The van der Waals surface area contributed by atoms with E-state index >= 15 is 0 Å². The number of nitrogens with one attached hydrogen (secondary N) is 2. The van der Waals surface area contributed by atoms with E-state index < -0.39 is 10.2 Å². The lowest BCUT2D eigenvalue weighted by atomic mass is 10.4. The minimum absolute atomic E-state index is 0.474. The van der Waals surface area contributed by atoms with Gasteiger partial charge in [0, 0.05) is 26.8 Å². The van der Waals surface area contributed by atoms with E-state index in [1.807, 2.05) is 6.92 Å². The van der Waals surface area contributed by atoms with E-state index in [4.69, 9.17) is 0 Å². The lowest BCUT2D eigenvalue weighted by molar-refractivity contribution is 0.459. The molecule has 1 aromatic rings. The van der Waals surface area contributed by atoms with Gasteiger partial charge in [-0.25, -0.2) is 0 Å². The molecule has 0 spiro atoms. The summed E-state index contributed by atoms with van der Waals surface area (Å²) in [5, 5.41) is 7.26. The summed E-state index contributed by atoms with van der Waals surface area (Å²) in [5.41, 5.74) is 1.17. The summed E-state index contributed by atoms with van der Waals surface area (Å²) in [5.74, 6) is 0. The second kappa shape index (κ2) is 6.88. The number of hydrogen-bond donors (Lipinski definition) is 2. The van der Waals surface area contributed by atoms with Crippen LogP contribution in [0.4, 0.5) is 5.69 Å². The molecule has 0 aliphatic rings. The fourth-order valence-corrected chi connectivity index (χ4v) is 2.64. The van der Waals surface area contributed by atoms with Crippen LogP contribution in [0.25, 0.3) is 0 Å². The molecular formula is C11H23N5O2S. The van der Waals surface area contributed by atoms with Crippen LogP contribution in [0.5, 0.6) is 0 Å². The Hall–Kier alpha value is -1.12. The molecule has 7 nitrogen and oxygen atoms in total. The highest BCUT2D eigenvalue weighted by molar-refractivity contribution is 7.90. The maximum Gasteiger partial charge on any atom is 0.301 e. The second-order valence-electron chi connectivity index (χ2n) is 4.44. The molecule has 0 bridgehead atoms. The van der Waals surface area contributed by atoms with Gasteiger partial charge in [-0.3, -0.25) is 9.40 Å². The van der Waals surface area contributed by atoms with Crippen LogP contribution >= 0.6 is 0 Å². The molecule has 1 aromatic heterocycles. The Kier molecular flexibility index (Phi) is 5.77. The third kappa shape index (κ3) is 4.81. The number of rotatable bonds is 8. The van der Waals surface area contributed by atoms with E-state index in [9.17, 15) is 8.42 Å². The van der Waals surface area contributed by atoms with Gasteiger partial charge in [0.25, 0.3) is 0 Å². The van der Waals surface area contributed by atoms with Crippen molar-refractivity contribution >= 4 is 15.9 Å². The molecule has 0 radical (unpaired) electrons. The first-order chi connectivity index (χ1) is 8.86. The molecule has 0 aliphatic heterocycles. The minimum Gasteiger partial charge on any atom is -0.317 e. The van der Waals surface area contributed by atoms with Crippen molar-refractivity contribution in [1.82, 2.24) is 19.4 Å². The Morgan fingerprint density at radius 1 is 1.47 bits per heavy atom. The molecule has 0 unspecified atom stereocenters. The average molecular weight is 289 g/mol. The Bertz CT molecular complexity index is 497. The Morgan fingerprint density at radius 3 is 2.68 bits per heavy atom. The summed E-state index contributed by atoms with van der Waals surface area (Å²) in [6, 6.07) is 0. The molecule has 0 saturated heterocycles. The quantitative estimate of drug-likeness (QED) is 0.675. The van der Waals surface area contributed by atoms with Gasteiger partial charge in [0.2, 0.25) is 0 Å². The molecule has 0 aromatic carbocycles. The Morgan fingerprint density at radius 2 is 2.16 bits per heavy atom. The van der Waals surface area contributed by atoms with Crippen molar-refractivity contribution in [3.8, 4) is 0 Å². The standard InChI is InChI=1S/C11H23N5O2S/c1-5-12-7-6-8-16(4)19(17,18)14-11-9-15(3)13-10(11)2/h9,12,14H,5-8H2,1-4H3. The topological polar surface area (TPSA) is 79.3 Å². The molecule has 0 fully saturated rings. The fourth-order valence-electron chi connectivity index (χ4n) is 1.64. The van der Waals surface area contributed by atoms with Crippen LogP contribution < -0.4 is 10.0 Å². The normalized spacial score (nSPS) is 12.1. The maximum absolute atomic E-state index is 12.1. The number of hydrogen-bond acceptors (Lipinski definition) is 4. The molecule has 1 heterocycles. The molecular weight excluding hydrogens is 266 g/mol. The smallest absolute Gasteiger partial charge is 0.301 e. The van der Waals surface area contributed by atoms with Gasteiger partial charge in [0.1, 0.15) is 0 Å². The van der Waals surface area contributed by atoms with Gasteiger partial charge in [-0.05, 0) is 26.4 Å². The zero-order valence-electron chi connectivity index (χ0n) is 12.0. The largest absolute Gasteiger partial charge is 0.317 e. The lowest BCUT2D eigenvalue weighted by Crippen LogP contribution is -2.34. The fraction of sp³-hybridized carbons (Fsp3) is 0.727. The first-order valence-electron chi connectivity index (χ1n) is 6.32. The number of aryl methyl sites for hydroxylation is 2. The van der Waals surface area contributed by atoms with Gasteiger partial charge >= 0.3 is 10.2 Å². The Balaban J connectivity index is 2.57. The summed E-state index contributed by atoms with van der Waals surface area (Å²) in [4.78, 5) is 0. The summed E-state index contributed by atoms with van der Waals surface area (Å²) < 4.78 is 29.6. The highest BCUT2D eigenvalue weighted by atomic mass is 32.2. The molecule has 2 N–H and O–H groups in total. The van der Waals surface area contributed by atoms with E-state index in [1.54, 1.807) is 31.9 Å². The van der Waals surface area contributed by atoms with Gasteiger partial charge in [0.15, 0.2) is 0 Å². The third-order valence-corrected chi connectivity index (χ3v) is 4.22. The predicted octanol–water partition coefficient (Wildman–Crippen LogP) is 0.317. The highest BCUT2D eigenvalue weighted by Crippen LogP contribution is 2.14. The molecule has 0 amide bonds. The molecule has 0 atom stereocenters. The average Bonchev–Trinajstić information content (AvgIpc) is 2.62. The minimum atomic E-state index is -3.51. The van der Waals surface area contributed by atoms with Gasteiger partial charge < -0.3 is 5.32 Å². The second-order valence-corrected chi connectivity index (χ2v) is 6.22.